The first-order chi connectivity index (χ1) is 14.2. The van der Waals surface area contributed by atoms with Crippen molar-refractivity contribution < 1.29 is 9.53 Å². The first kappa shape index (κ1) is 17.7. The first-order valence-corrected chi connectivity index (χ1v) is 9.74. The highest BCUT2D eigenvalue weighted by molar-refractivity contribution is 5.91. The number of nitrogens with zero attached hydrogens (tertiary/aromatic N) is 5. The molecule has 0 radical (unpaired) electrons. The molecule has 3 aromatic rings. The van der Waals surface area contributed by atoms with Crippen molar-refractivity contribution in [3.05, 3.63) is 60.4 Å². The fourth-order valence-corrected chi connectivity index (χ4v) is 4.57. The highest BCUT2D eigenvalue weighted by Gasteiger charge is 2.57. The Morgan fingerprint density at radius 3 is 2.69 bits per heavy atom. The van der Waals surface area contributed by atoms with E-state index in [1.807, 2.05) is 35.2 Å². The van der Waals surface area contributed by atoms with Crippen LogP contribution in [0.5, 0.6) is 5.75 Å². The minimum atomic E-state index is -0.0933. The molecule has 8 nitrogen and oxygen atoms in total. The second kappa shape index (κ2) is 6.88. The van der Waals surface area contributed by atoms with E-state index in [1.165, 1.54) is 35.8 Å². The summed E-state index contributed by atoms with van der Waals surface area (Å²) in [7, 11) is 1.59. The number of benzene rings is 2. The summed E-state index contributed by atoms with van der Waals surface area (Å²) in [6.45, 7) is 0.800. The quantitative estimate of drug-likeness (QED) is 0.738. The normalized spacial score (nSPS) is 19.3. The molecule has 1 N–H and O–H groups in total. The smallest absolute Gasteiger partial charge is 0.322 e. The zero-order valence-electron chi connectivity index (χ0n) is 16.2. The lowest BCUT2D eigenvalue weighted by Crippen LogP contribution is -2.64. The molecule has 8 heteroatoms. The van der Waals surface area contributed by atoms with Gasteiger partial charge in [0.15, 0.2) is 0 Å². The van der Waals surface area contributed by atoms with Crippen LogP contribution in [0, 0.1) is 5.41 Å². The molecule has 1 aliphatic carbocycles. The maximum absolute atomic E-state index is 13.1. The molecule has 1 aromatic heterocycles. The zero-order chi connectivity index (χ0) is 19.8. The fraction of sp³-hybridized carbons (Fsp3) is 0.333. The average Bonchev–Trinajstić information content (AvgIpc) is 3.21. The number of anilines is 1. The van der Waals surface area contributed by atoms with Gasteiger partial charge in [-0.3, -0.25) is 0 Å². The largest absolute Gasteiger partial charge is 0.494 e. The Balaban J connectivity index is 1.38. The van der Waals surface area contributed by atoms with Gasteiger partial charge < -0.3 is 15.0 Å². The number of carbonyl (C=O) groups is 1. The maximum Gasteiger partial charge on any atom is 0.322 e. The van der Waals surface area contributed by atoms with Crippen LogP contribution in [-0.2, 0) is 0 Å². The van der Waals surface area contributed by atoms with Crippen molar-refractivity contribution in [1.29, 1.82) is 0 Å². The molecule has 2 aliphatic rings. The molecule has 1 unspecified atom stereocenters. The van der Waals surface area contributed by atoms with Crippen LogP contribution in [0.2, 0.25) is 0 Å². The first-order valence-electron chi connectivity index (χ1n) is 9.74. The number of tetrazole rings is 1. The SMILES string of the molecule is COc1ccc(NC(=O)N2CC3(CCC3)C2c2ccccc2)cc1-n1cnnn1. The van der Waals surface area contributed by atoms with Gasteiger partial charge in [0.25, 0.3) is 0 Å². The van der Waals surface area contributed by atoms with Crippen LogP contribution >= 0.6 is 0 Å². The van der Waals surface area contributed by atoms with Crippen molar-refractivity contribution >= 4 is 11.7 Å². The summed E-state index contributed by atoms with van der Waals surface area (Å²) < 4.78 is 6.90. The molecule has 1 saturated heterocycles. The van der Waals surface area contributed by atoms with Gasteiger partial charge in [-0.05, 0) is 47.0 Å². The Hall–Kier alpha value is -3.42. The number of aromatic nitrogens is 4. The predicted molar refractivity (Wildman–Crippen MR) is 107 cm³/mol. The van der Waals surface area contributed by atoms with Crippen LogP contribution in [0.25, 0.3) is 5.69 Å². The molecule has 1 spiro atoms. The van der Waals surface area contributed by atoms with Gasteiger partial charge in [-0.25, -0.2) is 4.79 Å². The molecule has 5 rings (SSSR count). The van der Waals surface area contributed by atoms with Crippen LogP contribution in [0.15, 0.2) is 54.9 Å². The molecular formula is C21H22N6O2. The second-order valence-corrected chi connectivity index (χ2v) is 7.73. The maximum atomic E-state index is 13.1. The van der Waals surface area contributed by atoms with E-state index >= 15 is 0 Å². The lowest BCUT2D eigenvalue weighted by atomic mass is 9.56. The number of hydrogen-bond donors (Lipinski definition) is 1. The molecule has 1 atom stereocenters. The van der Waals surface area contributed by atoms with Gasteiger partial charge in [-0.2, -0.15) is 4.68 Å². The Labute approximate surface area is 168 Å². The van der Waals surface area contributed by atoms with Crippen LogP contribution in [-0.4, -0.2) is 44.8 Å². The number of urea groups is 1. The molecule has 0 bridgehead atoms. The molecule has 1 aliphatic heterocycles. The van der Waals surface area contributed by atoms with E-state index in [-0.39, 0.29) is 17.5 Å². The third kappa shape index (κ3) is 2.91. The van der Waals surface area contributed by atoms with Crippen molar-refractivity contribution in [3.8, 4) is 11.4 Å². The minimum absolute atomic E-state index is 0.0933. The molecule has 1 saturated carbocycles. The van der Waals surface area contributed by atoms with Crippen molar-refractivity contribution in [1.82, 2.24) is 25.1 Å². The van der Waals surface area contributed by atoms with Gasteiger partial charge in [-0.15, -0.1) is 5.10 Å². The topological polar surface area (TPSA) is 85.2 Å². The lowest BCUT2D eigenvalue weighted by Gasteiger charge is -2.62. The Morgan fingerprint density at radius 2 is 2.03 bits per heavy atom. The lowest BCUT2D eigenvalue weighted by molar-refractivity contribution is -0.0969. The number of ether oxygens (including phenoxy) is 1. The third-order valence-corrected chi connectivity index (χ3v) is 6.13. The summed E-state index contributed by atoms with van der Waals surface area (Å²) in [5, 5.41) is 14.3. The molecule has 2 aromatic carbocycles. The van der Waals surface area contributed by atoms with Gasteiger partial charge in [0, 0.05) is 17.6 Å². The van der Waals surface area contributed by atoms with Crippen molar-refractivity contribution in [3.63, 3.8) is 0 Å². The Kier molecular flexibility index (Phi) is 4.19. The van der Waals surface area contributed by atoms with Crippen molar-refractivity contribution in [2.45, 2.75) is 25.3 Å². The van der Waals surface area contributed by atoms with E-state index < -0.39 is 0 Å². The van der Waals surface area contributed by atoms with E-state index in [2.05, 4.69) is 33.0 Å². The molecule has 148 valence electrons. The number of rotatable bonds is 4. The van der Waals surface area contributed by atoms with Crippen LogP contribution in [0.4, 0.5) is 10.5 Å². The van der Waals surface area contributed by atoms with E-state index in [4.69, 9.17) is 4.74 Å². The summed E-state index contributed by atoms with van der Waals surface area (Å²) in [6, 6.07) is 15.8. The van der Waals surface area contributed by atoms with E-state index in [1.54, 1.807) is 13.2 Å². The third-order valence-electron chi connectivity index (χ3n) is 6.13. The number of nitrogens with one attached hydrogen (secondary N) is 1. The summed E-state index contributed by atoms with van der Waals surface area (Å²) in [6.07, 6.45) is 5.10. The highest BCUT2D eigenvalue weighted by atomic mass is 16.5. The van der Waals surface area contributed by atoms with Crippen molar-refractivity contribution in [2.24, 2.45) is 5.41 Å². The number of methoxy groups -OCH3 is 1. The van der Waals surface area contributed by atoms with Crippen LogP contribution < -0.4 is 10.1 Å². The highest BCUT2D eigenvalue weighted by Crippen LogP contribution is 2.60. The van der Waals surface area contributed by atoms with E-state index in [0.29, 0.717) is 17.1 Å². The summed E-state index contributed by atoms with van der Waals surface area (Å²) in [5.74, 6) is 0.620. The van der Waals surface area contributed by atoms with Gasteiger partial charge >= 0.3 is 6.03 Å². The number of hydrogen-bond acceptors (Lipinski definition) is 5. The summed E-state index contributed by atoms with van der Waals surface area (Å²) in [5.41, 5.74) is 2.78. The Bertz CT molecular complexity index is 1020. The van der Waals surface area contributed by atoms with Crippen LogP contribution in [0.1, 0.15) is 30.9 Å². The number of amides is 2. The van der Waals surface area contributed by atoms with Crippen molar-refractivity contribution in [2.75, 3.05) is 19.0 Å². The van der Waals surface area contributed by atoms with E-state index in [0.717, 1.165) is 6.54 Å². The van der Waals surface area contributed by atoms with Gasteiger partial charge in [-0.1, -0.05) is 36.8 Å². The molecule has 2 amide bonds. The average molecular weight is 390 g/mol. The number of carbonyl (C=O) groups excluding carboxylic acids is 1. The van der Waals surface area contributed by atoms with Gasteiger partial charge in [0.2, 0.25) is 0 Å². The molecule has 2 heterocycles. The van der Waals surface area contributed by atoms with Crippen LogP contribution in [0.3, 0.4) is 0 Å². The van der Waals surface area contributed by atoms with E-state index in [9.17, 15) is 4.79 Å². The number of likely N-dealkylation sites (tertiary alicyclic amines) is 1. The second-order valence-electron chi connectivity index (χ2n) is 7.73. The predicted octanol–water partition coefficient (Wildman–Crippen LogP) is 3.43. The van der Waals surface area contributed by atoms with Gasteiger partial charge in [0.1, 0.15) is 17.8 Å². The summed E-state index contributed by atoms with van der Waals surface area (Å²) >= 11 is 0. The molecule has 2 fully saturated rings. The standard InChI is InChI=1S/C21H22N6O2/c1-29-18-9-8-16(12-17(18)27-14-22-24-25-27)23-20(28)26-13-21(10-5-11-21)19(26)15-6-3-2-4-7-15/h2-4,6-9,12,14,19H,5,10-11,13H2,1H3,(H,23,28). The Morgan fingerprint density at radius 1 is 1.21 bits per heavy atom. The molecule has 29 heavy (non-hydrogen) atoms. The minimum Gasteiger partial charge on any atom is -0.494 e. The fourth-order valence-electron chi connectivity index (χ4n) is 4.57. The zero-order valence-corrected chi connectivity index (χ0v) is 16.2. The monoisotopic (exact) mass is 390 g/mol. The summed E-state index contributed by atoms with van der Waals surface area (Å²) in [4.78, 5) is 15.0. The molecular weight excluding hydrogens is 368 g/mol. The van der Waals surface area contributed by atoms with Gasteiger partial charge in [0.05, 0.1) is 13.2 Å².